The van der Waals surface area contributed by atoms with E-state index < -0.39 is 67.4 Å². The molecule has 0 spiro atoms. The van der Waals surface area contributed by atoms with Crippen LogP contribution in [0.15, 0.2) is 97.2 Å². The van der Waals surface area contributed by atoms with Crippen LogP contribution in [0.3, 0.4) is 0 Å². The average Bonchev–Trinajstić information content (AvgIpc) is 3.40. The monoisotopic (exact) mass is 1040 g/mol. The van der Waals surface area contributed by atoms with Crippen LogP contribution in [-0.4, -0.2) is 99.6 Å². The molecule has 1 heterocycles. The number of ether oxygens (including phenoxy) is 3. The van der Waals surface area contributed by atoms with E-state index in [1.54, 1.807) is 6.08 Å². The molecule has 0 aromatic heterocycles. The average molecular weight is 1040 g/mol. The van der Waals surface area contributed by atoms with Gasteiger partial charge < -0.3 is 45.1 Å². The number of amides is 1. The number of unbranched alkanes of at least 4 members (excludes halogenated alkanes) is 20. The summed E-state index contributed by atoms with van der Waals surface area (Å²) in [6.07, 6.45) is 56.0. The molecular formula is C63H107NO10. The number of nitrogens with one attached hydrogen (secondary N) is 1. The van der Waals surface area contributed by atoms with E-state index in [1.165, 1.54) is 64.2 Å². The quantitative estimate of drug-likeness (QED) is 0.0195. The highest BCUT2D eigenvalue weighted by atomic mass is 16.7. The number of hydrogen-bond acceptors (Lipinski definition) is 10. The molecule has 1 aliphatic rings. The van der Waals surface area contributed by atoms with Crippen molar-refractivity contribution in [1.29, 1.82) is 0 Å². The molecule has 1 amide bonds. The normalized spacial score (nSPS) is 20.0. The first-order chi connectivity index (χ1) is 36.2. The van der Waals surface area contributed by atoms with Gasteiger partial charge >= 0.3 is 5.97 Å². The second-order valence-corrected chi connectivity index (χ2v) is 20.0. The van der Waals surface area contributed by atoms with Gasteiger partial charge in [-0.15, -0.1) is 0 Å². The minimum Gasteiger partial charge on any atom is -0.454 e. The van der Waals surface area contributed by atoms with Crippen LogP contribution in [-0.2, 0) is 23.8 Å². The summed E-state index contributed by atoms with van der Waals surface area (Å²) in [6, 6.07) is -1.04. The van der Waals surface area contributed by atoms with Gasteiger partial charge in [-0.1, -0.05) is 221 Å². The summed E-state index contributed by atoms with van der Waals surface area (Å²) >= 11 is 0. The topological polar surface area (TPSA) is 175 Å². The fourth-order valence-corrected chi connectivity index (χ4v) is 8.52. The van der Waals surface area contributed by atoms with E-state index in [-0.39, 0.29) is 19.4 Å². The molecule has 8 unspecified atom stereocenters. The molecule has 74 heavy (non-hydrogen) atoms. The van der Waals surface area contributed by atoms with Crippen molar-refractivity contribution >= 4 is 11.9 Å². The molecule has 8 atom stereocenters. The summed E-state index contributed by atoms with van der Waals surface area (Å²) in [5.41, 5.74) is 0. The van der Waals surface area contributed by atoms with Crippen molar-refractivity contribution in [3.05, 3.63) is 97.2 Å². The minimum atomic E-state index is -1.63. The number of aliphatic hydroxyl groups is 5. The molecule has 0 radical (unpaired) electrons. The zero-order valence-electron chi connectivity index (χ0n) is 46.7. The number of esters is 1. The highest BCUT2D eigenvalue weighted by molar-refractivity contribution is 5.80. The third kappa shape index (κ3) is 38.2. The zero-order valence-corrected chi connectivity index (χ0v) is 46.7. The Kier molecular flexibility index (Phi) is 46.7. The lowest BCUT2D eigenvalue weighted by atomic mass is 9.99. The Hall–Kier alpha value is -3.42. The lowest BCUT2D eigenvalue weighted by Gasteiger charge is -2.41. The van der Waals surface area contributed by atoms with E-state index in [4.69, 9.17) is 14.2 Å². The molecule has 424 valence electrons. The molecule has 1 aliphatic heterocycles. The van der Waals surface area contributed by atoms with Crippen LogP contribution in [0.5, 0.6) is 0 Å². The first kappa shape index (κ1) is 68.6. The molecule has 0 aromatic carbocycles. The van der Waals surface area contributed by atoms with Gasteiger partial charge in [-0.05, 0) is 96.3 Å². The summed E-state index contributed by atoms with van der Waals surface area (Å²) in [5.74, 6) is -1.24. The first-order valence-electron chi connectivity index (χ1n) is 29.5. The predicted octanol–water partition coefficient (Wildman–Crippen LogP) is 13.6. The Labute approximate surface area is 450 Å². The van der Waals surface area contributed by atoms with Gasteiger partial charge in [0, 0.05) is 6.42 Å². The lowest BCUT2D eigenvalue weighted by Crippen LogP contribution is -2.61. The van der Waals surface area contributed by atoms with Crippen LogP contribution in [0.4, 0.5) is 0 Å². The van der Waals surface area contributed by atoms with Gasteiger partial charge in [0.15, 0.2) is 12.4 Å². The molecule has 1 saturated heterocycles. The Morgan fingerprint density at radius 2 is 0.986 bits per heavy atom. The number of hydrogen-bond donors (Lipinski definition) is 6. The van der Waals surface area contributed by atoms with Crippen molar-refractivity contribution in [3.63, 3.8) is 0 Å². The van der Waals surface area contributed by atoms with Gasteiger partial charge in [0.2, 0.25) is 5.91 Å². The van der Waals surface area contributed by atoms with Crippen molar-refractivity contribution in [2.45, 2.75) is 275 Å². The van der Waals surface area contributed by atoms with Crippen LogP contribution < -0.4 is 5.32 Å². The second kappa shape index (κ2) is 50.4. The molecular weight excluding hydrogens is 931 g/mol. The summed E-state index contributed by atoms with van der Waals surface area (Å²) in [5, 5.41) is 56.7. The summed E-state index contributed by atoms with van der Waals surface area (Å²) < 4.78 is 17.5. The summed E-state index contributed by atoms with van der Waals surface area (Å²) in [6.45, 7) is 5.58. The van der Waals surface area contributed by atoms with E-state index in [1.807, 2.05) is 6.08 Å². The van der Waals surface area contributed by atoms with Crippen molar-refractivity contribution in [2.75, 3.05) is 13.2 Å². The van der Waals surface area contributed by atoms with Crippen LogP contribution in [0.1, 0.15) is 226 Å². The molecule has 0 saturated carbocycles. The Morgan fingerprint density at radius 3 is 1.51 bits per heavy atom. The molecule has 1 fully saturated rings. The molecule has 6 N–H and O–H groups in total. The van der Waals surface area contributed by atoms with Gasteiger partial charge in [0.1, 0.15) is 24.4 Å². The zero-order chi connectivity index (χ0) is 54.0. The Morgan fingerprint density at radius 1 is 0.541 bits per heavy atom. The maximum atomic E-state index is 13.3. The number of carbonyl (C=O) groups is 2. The molecule has 0 aliphatic carbocycles. The van der Waals surface area contributed by atoms with E-state index in [2.05, 4.69) is 111 Å². The minimum absolute atomic E-state index is 0.0879. The van der Waals surface area contributed by atoms with E-state index in [9.17, 15) is 35.1 Å². The Balaban J connectivity index is 2.68. The number of rotatable bonds is 48. The molecule has 11 heteroatoms. The fourth-order valence-electron chi connectivity index (χ4n) is 8.52. The van der Waals surface area contributed by atoms with Crippen LogP contribution in [0, 0.1) is 0 Å². The lowest BCUT2D eigenvalue weighted by molar-refractivity contribution is -0.305. The number of allylic oxidation sites excluding steroid dienone is 15. The van der Waals surface area contributed by atoms with Crippen LogP contribution >= 0.6 is 0 Å². The highest BCUT2D eigenvalue weighted by Crippen LogP contribution is 2.26. The van der Waals surface area contributed by atoms with Gasteiger partial charge in [0.05, 0.1) is 25.4 Å². The maximum Gasteiger partial charge on any atom is 0.306 e. The van der Waals surface area contributed by atoms with Crippen molar-refractivity contribution in [3.8, 4) is 0 Å². The predicted molar refractivity (Wildman–Crippen MR) is 305 cm³/mol. The smallest absolute Gasteiger partial charge is 0.306 e. The Bertz CT molecular complexity index is 1570. The van der Waals surface area contributed by atoms with E-state index in [0.717, 1.165) is 116 Å². The summed E-state index contributed by atoms with van der Waals surface area (Å²) in [7, 11) is 0. The van der Waals surface area contributed by atoms with Crippen molar-refractivity contribution < 1.29 is 49.3 Å². The number of aliphatic hydroxyl groups excluding tert-OH is 5. The maximum absolute atomic E-state index is 13.3. The van der Waals surface area contributed by atoms with E-state index in [0.29, 0.717) is 12.8 Å². The second-order valence-electron chi connectivity index (χ2n) is 20.0. The first-order valence-corrected chi connectivity index (χ1v) is 29.5. The summed E-state index contributed by atoms with van der Waals surface area (Å²) in [4.78, 5) is 26.4. The largest absolute Gasteiger partial charge is 0.454 e. The van der Waals surface area contributed by atoms with E-state index >= 15 is 0 Å². The highest BCUT2D eigenvalue weighted by Gasteiger charge is 2.47. The molecule has 0 bridgehead atoms. The molecule has 0 aromatic rings. The third-order valence-electron chi connectivity index (χ3n) is 13.2. The van der Waals surface area contributed by atoms with Gasteiger partial charge in [-0.25, -0.2) is 0 Å². The fraction of sp³-hybridized carbons (Fsp3) is 0.714. The standard InChI is InChI=1S/C63H107NO10/c1-4-7-10-13-16-19-22-24-25-26-27-28-29-30-31-32-33-34-36-39-42-45-48-51-58(68)74-61-60(70)59(69)57(52-65)73-63(61)72-53-54(55(66)49-46-43-40-38-35-23-20-17-14-11-8-5-2)64-62(71)56(67)50-47-44-41-37-21-18-15-12-9-6-3/h7,10,15-16,18-19,24-25,27-28,30-31,33-34,46,49,54-57,59-61,63,65-67,69-70H,4-6,8-9,11-14,17,20-23,26,29,32,35-45,47-48,50-53H2,1-3H3,(H,64,71)/b10-7-,18-15-,19-16-,25-24-,28-27-,31-30-,34-33-,49-46+. The third-order valence-corrected chi connectivity index (χ3v) is 13.2. The number of carbonyl (C=O) groups excluding carboxylic acids is 2. The van der Waals surface area contributed by atoms with Crippen molar-refractivity contribution in [2.24, 2.45) is 0 Å². The van der Waals surface area contributed by atoms with Gasteiger partial charge in [-0.2, -0.15) is 0 Å². The van der Waals surface area contributed by atoms with Crippen molar-refractivity contribution in [1.82, 2.24) is 5.32 Å². The van der Waals surface area contributed by atoms with Gasteiger partial charge in [-0.3, -0.25) is 9.59 Å². The van der Waals surface area contributed by atoms with Crippen LogP contribution in [0.2, 0.25) is 0 Å². The van der Waals surface area contributed by atoms with Crippen LogP contribution in [0.25, 0.3) is 0 Å². The molecule has 1 rings (SSSR count). The molecule has 11 nitrogen and oxygen atoms in total. The SMILES string of the molecule is CC/C=C\C/C=C\C/C=C\C/C=C\C/C=C\C/C=C\CCCCCCC(=O)OC1C(OCC(NC(=O)C(O)CCCCCC/C=C\CCCC)C(O)/C=C/CCCCCCCCCCCC)OC(CO)C(O)C1O. The van der Waals surface area contributed by atoms with Gasteiger partial charge in [0.25, 0.3) is 0 Å².